The summed E-state index contributed by atoms with van der Waals surface area (Å²) in [7, 11) is 0. The Kier molecular flexibility index (Phi) is 4.49. The van der Waals surface area contributed by atoms with Crippen LogP contribution in [0.4, 0.5) is 0 Å². The van der Waals surface area contributed by atoms with Crippen LogP contribution in [0.5, 0.6) is 0 Å². The lowest BCUT2D eigenvalue weighted by Gasteiger charge is -2.13. The van der Waals surface area contributed by atoms with E-state index < -0.39 is 0 Å². The van der Waals surface area contributed by atoms with Crippen LogP contribution in [0.3, 0.4) is 0 Å². The molecule has 5 heteroatoms. The van der Waals surface area contributed by atoms with Crippen LogP contribution in [0.25, 0.3) is 11.0 Å². The van der Waals surface area contributed by atoms with Crippen LogP contribution >= 0.6 is 23.2 Å². The predicted octanol–water partition coefficient (Wildman–Crippen LogP) is 4.39. The van der Waals surface area contributed by atoms with Crippen molar-refractivity contribution in [2.45, 2.75) is 44.2 Å². The summed E-state index contributed by atoms with van der Waals surface area (Å²) in [5.41, 5.74) is 1.86. The van der Waals surface area contributed by atoms with Gasteiger partial charge in [-0.1, -0.05) is 30.5 Å². The van der Waals surface area contributed by atoms with Crippen molar-refractivity contribution in [2.24, 2.45) is 0 Å². The first-order chi connectivity index (χ1) is 9.79. The maximum Gasteiger partial charge on any atom is 0.124 e. The van der Waals surface area contributed by atoms with Gasteiger partial charge in [-0.25, -0.2) is 4.98 Å². The second kappa shape index (κ2) is 6.33. The van der Waals surface area contributed by atoms with Gasteiger partial charge in [0.25, 0.3) is 0 Å². The maximum atomic E-state index is 6.29. The van der Waals surface area contributed by atoms with Crippen LogP contribution in [0, 0.1) is 0 Å². The number of nitrogens with zero attached hydrogens (tertiary/aromatic N) is 2. The number of rotatable bonds is 5. The predicted molar refractivity (Wildman–Crippen MR) is 82.5 cm³/mol. The first kappa shape index (κ1) is 14.2. The minimum atomic E-state index is 0.383. The molecule has 0 bridgehead atoms. The average molecular weight is 313 g/mol. The molecule has 0 atom stereocenters. The highest BCUT2D eigenvalue weighted by Gasteiger charge is 2.16. The van der Waals surface area contributed by atoms with E-state index in [-0.39, 0.29) is 0 Å². The SMILES string of the molecule is ClCc1nc2cccc(Cl)c2n1CCOC1CCCC1. The van der Waals surface area contributed by atoms with Gasteiger partial charge in [-0.05, 0) is 25.0 Å². The number of hydrogen-bond acceptors (Lipinski definition) is 2. The fraction of sp³-hybridized carbons (Fsp3) is 0.533. The molecule has 0 N–H and O–H groups in total. The van der Waals surface area contributed by atoms with E-state index in [1.165, 1.54) is 25.7 Å². The molecule has 1 saturated carbocycles. The number of imidazole rings is 1. The molecule has 1 heterocycles. The highest BCUT2D eigenvalue weighted by molar-refractivity contribution is 6.35. The Labute approximate surface area is 128 Å². The van der Waals surface area contributed by atoms with Gasteiger partial charge in [-0.2, -0.15) is 0 Å². The Morgan fingerprint density at radius 1 is 1.30 bits per heavy atom. The number of para-hydroxylation sites is 1. The van der Waals surface area contributed by atoms with Crippen molar-refractivity contribution in [1.82, 2.24) is 9.55 Å². The van der Waals surface area contributed by atoms with Crippen molar-refractivity contribution >= 4 is 34.2 Å². The van der Waals surface area contributed by atoms with Gasteiger partial charge in [0.05, 0.1) is 34.6 Å². The van der Waals surface area contributed by atoms with Crippen molar-refractivity contribution in [3.05, 3.63) is 29.0 Å². The molecule has 0 unspecified atom stereocenters. The van der Waals surface area contributed by atoms with Gasteiger partial charge in [0.2, 0.25) is 0 Å². The molecule has 0 radical (unpaired) electrons. The lowest BCUT2D eigenvalue weighted by Crippen LogP contribution is -2.14. The van der Waals surface area contributed by atoms with Crippen LogP contribution in [-0.2, 0) is 17.2 Å². The zero-order valence-corrected chi connectivity index (χ0v) is 12.8. The molecule has 0 spiro atoms. The van der Waals surface area contributed by atoms with Gasteiger partial charge in [-0.15, -0.1) is 11.6 Å². The molecule has 20 heavy (non-hydrogen) atoms. The van der Waals surface area contributed by atoms with E-state index in [4.69, 9.17) is 27.9 Å². The lowest BCUT2D eigenvalue weighted by molar-refractivity contribution is 0.0532. The Morgan fingerprint density at radius 2 is 2.10 bits per heavy atom. The highest BCUT2D eigenvalue weighted by atomic mass is 35.5. The van der Waals surface area contributed by atoms with Crippen LogP contribution < -0.4 is 0 Å². The number of halogens is 2. The maximum absolute atomic E-state index is 6.29. The zero-order valence-electron chi connectivity index (χ0n) is 11.3. The third-order valence-electron chi connectivity index (χ3n) is 3.89. The number of fused-ring (bicyclic) bond motifs is 1. The van der Waals surface area contributed by atoms with Crippen molar-refractivity contribution in [2.75, 3.05) is 6.61 Å². The molecule has 0 saturated heterocycles. The molecule has 1 aliphatic rings. The van der Waals surface area contributed by atoms with Gasteiger partial charge < -0.3 is 9.30 Å². The molecule has 3 rings (SSSR count). The molecule has 1 aromatic heterocycles. The van der Waals surface area contributed by atoms with E-state index in [9.17, 15) is 0 Å². The minimum absolute atomic E-state index is 0.383. The summed E-state index contributed by atoms with van der Waals surface area (Å²) in [6.45, 7) is 1.43. The normalized spacial score (nSPS) is 16.3. The topological polar surface area (TPSA) is 27.1 Å². The third-order valence-corrected chi connectivity index (χ3v) is 4.43. The molecule has 1 fully saturated rings. The Balaban J connectivity index is 1.78. The number of alkyl halides is 1. The van der Waals surface area contributed by atoms with Crippen LogP contribution in [-0.4, -0.2) is 22.3 Å². The van der Waals surface area contributed by atoms with Crippen LogP contribution in [0.15, 0.2) is 18.2 Å². The number of ether oxygens (including phenoxy) is 1. The smallest absolute Gasteiger partial charge is 0.124 e. The molecule has 2 aromatic rings. The first-order valence-electron chi connectivity index (χ1n) is 7.11. The summed E-state index contributed by atoms with van der Waals surface area (Å²) in [6, 6.07) is 5.76. The summed E-state index contributed by atoms with van der Waals surface area (Å²) < 4.78 is 8.01. The second-order valence-electron chi connectivity index (χ2n) is 5.20. The van der Waals surface area contributed by atoms with Gasteiger partial charge >= 0.3 is 0 Å². The summed E-state index contributed by atoms with van der Waals surface area (Å²) in [5.74, 6) is 1.24. The molecule has 3 nitrogen and oxygen atoms in total. The van der Waals surface area contributed by atoms with E-state index >= 15 is 0 Å². The van der Waals surface area contributed by atoms with Gasteiger partial charge in [-0.3, -0.25) is 0 Å². The van der Waals surface area contributed by atoms with Crippen molar-refractivity contribution in [3.63, 3.8) is 0 Å². The third kappa shape index (κ3) is 2.80. The van der Waals surface area contributed by atoms with E-state index in [1.54, 1.807) is 0 Å². The second-order valence-corrected chi connectivity index (χ2v) is 5.87. The van der Waals surface area contributed by atoms with E-state index in [0.29, 0.717) is 23.6 Å². The van der Waals surface area contributed by atoms with Crippen molar-refractivity contribution < 1.29 is 4.74 Å². The van der Waals surface area contributed by atoms with Crippen LogP contribution in [0.2, 0.25) is 5.02 Å². The van der Waals surface area contributed by atoms with E-state index in [2.05, 4.69) is 9.55 Å². The van der Waals surface area contributed by atoms with Crippen molar-refractivity contribution in [1.29, 1.82) is 0 Å². The average Bonchev–Trinajstić information content (AvgIpc) is 3.07. The van der Waals surface area contributed by atoms with Gasteiger partial charge in [0.15, 0.2) is 0 Å². The monoisotopic (exact) mass is 312 g/mol. The standard InChI is InChI=1S/C15H18Cl2N2O/c16-10-14-18-13-7-3-6-12(17)15(13)19(14)8-9-20-11-4-1-2-5-11/h3,6-7,11H,1-2,4-5,8-10H2. The summed E-state index contributed by atoms with van der Waals surface area (Å²) in [4.78, 5) is 4.53. The molecule has 1 aromatic carbocycles. The van der Waals surface area contributed by atoms with E-state index in [0.717, 1.165) is 23.4 Å². The largest absolute Gasteiger partial charge is 0.376 e. The molecule has 0 amide bonds. The number of benzene rings is 1. The number of hydrogen-bond donors (Lipinski definition) is 0. The highest BCUT2D eigenvalue weighted by Crippen LogP contribution is 2.26. The molecule has 108 valence electrons. The lowest BCUT2D eigenvalue weighted by atomic mass is 10.3. The minimum Gasteiger partial charge on any atom is -0.376 e. The molecule has 0 aliphatic heterocycles. The number of aromatic nitrogens is 2. The summed E-state index contributed by atoms with van der Waals surface area (Å²) in [5, 5.41) is 0.715. The molecular weight excluding hydrogens is 295 g/mol. The van der Waals surface area contributed by atoms with Gasteiger partial charge in [0, 0.05) is 6.54 Å². The fourth-order valence-electron chi connectivity index (χ4n) is 2.90. The molecular formula is C15H18Cl2N2O. The van der Waals surface area contributed by atoms with Gasteiger partial charge in [0.1, 0.15) is 5.82 Å². The Hall–Kier alpha value is -0.770. The summed E-state index contributed by atoms with van der Waals surface area (Å²) in [6.07, 6.45) is 5.39. The Bertz CT molecular complexity index is 591. The zero-order chi connectivity index (χ0) is 13.9. The summed E-state index contributed by atoms with van der Waals surface area (Å²) >= 11 is 12.3. The fourth-order valence-corrected chi connectivity index (χ4v) is 3.37. The molecule has 1 aliphatic carbocycles. The van der Waals surface area contributed by atoms with E-state index in [1.807, 2.05) is 18.2 Å². The first-order valence-corrected chi connectivity index (χ1v) is 8.02. The van der Waals surface area contributed by atoms with Crippen molar-refractivity contribution in [3.8, 4) is 0 Å². The quantitative estimate of drug-likeness (QED) is 0.766. The van der Waals surface area contributed by atoms with Crippen LogP contribution in [0.1, 0.15) is 31.5 Å². The Morgan fingerprint density at radius 3 is 2.85 bits per heavy atom.